The summed E-state index contributed by atoms with van der Waals surface area (Å²) in [5.74, 6) is 0. The second-order valence-corrected chi connectivity index (χ2v) is 9.58. The van der Waals surface area contributed by atoms with E-state index < -0.39 is 5.60 Å². The van der Waals surface area contributed by atoms with Gasteiger partial charge in [0, 0.05) is 19.1 Å². The lowest BCUT2D eigenvalue weighted by Gasteiger charge is -2.41. The van der Waals surface area contributed by atoms with Crippen molar-refractivity contribution in [2.45, 2.75) is 97.3 Å². The number of amides is 1. The van der Waals surface area contributed by atoms with E-state index in [1.807, 2.05) is 25.7 Å². The highest BCUT2D eigenvalue weighted by Gasteiger charge is 2.34. The Kier molecular flexibility index (Phi) is 11.0. The van der Waals surface area contributed by atoms with Gasteiger partial charge in [-0.05, 0) is 84.6 Å². The minimum atomic E-state index is -0.433. The van der Waals surface area contributed by atoms with Crippen LogP contribution in [0.4, 0.5) is 4.79 Å². The van der Waals surface area contributed by atoms with Gasteiger partial charge in [0.2, 0.25) is 0 Å². The fourth-order valence-corrected chi connectivity index (χ4v) is 3.93. The van der Waals surface area contributed by atoms with Crippen LogP contribution in [0.1, 0.15) is 79.6 Å². The van der Waals surface area contributed by atoms with Gasteiger partial charge in [0.1, 0.15) is 5.60 Å². The standard InChI is InChI=1S/C19H36N2O3.C3H6O2/c1-18(2,3)24-17(23)21-13-5-10-19(4,14-21)11-12-20-15-6-8-16(22)9-7-15;1-2-5-3-4/h15-16,20,22H,5-14H2,1-4H3;3H,2H2,1H3. The van der Waals surface area contributed by atoms with Crippen LogP contribution < -0.4 is 5.32 Å². The molecule has 1 aliphatic heterocycles. The minimum absolute atomic E-state index is 0.0960. The van der Waals surface area contributed by atoms with E-state index in [4.69, 9.17) is 4.74 Å². The number of hydrogen-bond acceptors (Lipinski definition) is 6. The summed E-state index contributed by atoms with van der Waals surface area (Å²) in [7, 11) is 0. The first-order valence-electron chi connectivity index (χ1n) is 11.0. The van der Waals surface area contributed by atoms with Crippen LogP contribution in [-0.2, 0) is 14.3 Å². The first-order chi connectivity index (χ1) is 13.6. The largest absolute Gasteiger partial charge is 0.468 e. The van der Waals surface area contributed by atoms with Crippen LogP contribution >= 0.6 is 0 Å². The molecule has 0 spiro atoms. The molecule has 0 radical (unpaired) electrons. The van der Waals surface area contributed by atoms with Crippen LogP contribution in [0, 0.1) is 5.41 Å². The Morgan fingerprint density at radius 1 is 1.28 bits per heavy atom. The third-order valence-electron chi connectivity index (χ3n) is 5.53. The van der Waals surface area contributed by atoms with Gasteiger partial charge >= 0.3 is 6.09 Å². The number of piperidine rings is 1. The smallest absolute Gasteiger partial charge is 0.410 e. The summed E-state index contributed by atoms with van der Waals surface area (Å²) in [4.78, 5) is 23.4. The van der Waals surface area contributed by atoms with Gasteiger partial charge in [-0.2, -0.15) is 0 Å². The number of carbonyl (C=O) groups excluding carboxylic acids is 2. The Bertz CT molecular complexity index is 486. The molecule has 0 aromatic heterocycles. The van der Waals surface area contributed by atoms with Crippen molar-refractivity contribution in [3.05, 3.63) is 0 Å². The Hall–Kier alpha value is -1.34. The number of carbonyl (C=O) groups is 2. The molecule has 1 aliphatic carbocycles. The molecule has 7 nitrogen and oxygen atoms in total. The van der Waals surface area contributed by atoms with Crippen LogP contribution in [-0.4, -0.2) is 66.6 Å². The molecule has 2 aliphatic rings. The molecule has 2 fully saturated rings. The maximum absolute atomic E-state index is 12.3. The van der Waals surface area contributed by atoms with Gasteiger partial charge in [-0.1, -0.05) is 6.92 Å². The summed E-state index contributed by atoms with van der Waals surface area (Å²) in [5.41, 5.74) is -0.269. The predicted octanol–water partition coefficient (Wildman–Crippen LogP) is 3.49. The second-order valence-electron chi connectivity index (χ2n) is 9.58. The fourth-order valence-electron chi connectivity index (χ4n) is 3.93. The predicted molar refractivity (Wildman–Crippen MR) is 114 cm³/mol. The lowest BCUT2D eigenvalue weighted by atomic mass is 9.79. The van der Waals surface area contributed by atoms with Gasteiger partial charge in [0.25, 0.3) is 6.47 Å². The number of hydrogen-bond donors (Lipinski definition) is 2. The topological polar surface area (TPSA) is 88.1 Å². The molecular weight excluding hydrogens is 372 g/mol. The van der Waals surface area contributed by atoms with Crippen molar-refractivity contribution in [1.82, 2.24) is 10.2 Å². The van der Waals surface area contributed by atoms with Gasteiger partial charge < -0.3 is 24.8 Å². The van der Waals surface area contributed by atoms with Crippen molar-refractivity contribution in [3.8, 4) is 0 Å². The molecule has 170 valence electrons. The van der Waals surface area contributed by atoms with Crippen molar-refractivity contribution in [3.63, 3.8) is 0 Å². The van der Waals surface area contributed by atoms with Gasteiger partial charge in [0.15, 0.2) is 0 Å². The first kappa shape index (κ1) is 25.7. The first-order valence-corrected chi connectivity index (χ1v) is 11.0. The monoisotopic (exact) mass is 414 g/mol. The number of rotatable bonds is 6. The van der Waals surface area contributed by atoms with Gasteiger partial charge in [0.05, 0.1) is 12.7 Å². The highest BCUT2D eigenvalue weighted by molar-refractivity contribution is 5.68. The number of ether oxygens (including phenoxy) is 2. The Balaban J connectivity index is 0.000000749. The fraction of sp³-hybridized carbons (Fsp3) is 0.909. The molecule has 0 bridgehead atoms. The molecule has 2 rings (SSSR count). The van der Waals surface area contributed by atoms with Crippen LogP contribution in [0.15, 0.2) is 0 Å². The van der Waals surface area contributed by atoms with Crippen molar-refractivity contribution >= 4 is 12.6 Å². The van der Waals surface area contributed by atoms with E-state index in [1.54, 1.807) is 6.92 Å². The third-order valence-corrected chi connectivity index (χ3v) is 5.53. The highest BCUT2D eigenvalue weighted by Crippen LogP contribution is 2.33. The minimum Gasteiger partial charge on any atom is -0.468 e. The Morgan fingerprint density at radius 3 is 2.45 bits per heavy atom. The summed E-state index contributed by atoms with van der Waals surface area (Å²) in [5, 5.41) is 13.2. The lowest BCUT2D eigenvalue weighted by Crippen LogP contribution is -2.48. The van der Waals surface area contributed by atoms with E-state index in [-0.39, 0.29) is 17.6 Å². The highest BCUT2D eigenvalue weighted by atomic mass is 16.6. The summed E-state index contributed by atoms with van der Waals surface area (Å²) in [6.45, 7) is 13.3. The molecule has 2 N–H and O–H groups in total. The molecule has 29 heavy (non-hydrogen) atoms. The zero-order valence-electron chi connectivity index (χ0n) is 19.0. The van der Waals surface area contributed by atoms with Gasteiger partial charge in [-0.3, -0.25) is 4.79 Å². The summed E-state index contributed by atoms with van der Waals surface area (Å²) < 4.78 is 9.68. The molecular formula is C22H42N2O5. The van der Waals surface area contributed by atoms with Gasteiger partial charge in [-0.15, -0.1) is 0 Å². The normalized spacial score (nSPS) is 27.4. The summed E-state index contributed by atoms with van der Waals surface area (Å²) in [6, 6.07) is 0.544. The van der Waals surface area contributed by atoms with E-state index in [9.17, 15) is 14.7 Å². The maximum Gasteiger partial charge on any atom is 0.410 e. The SMILES string of the molecule is CC1(CCNC2CCC(O)CC2)CCCN(C(=O)OC(C)(C)C)C1.CCOC=O. The molecule has 1 amide bonds. The van der Waals surface area contributed by atoms with E-state index in [0.29, 0.717) is 19.1 Å². The summed E-state index contributed by atoms with van der Waals surface area (Å²) >= 11 is 0. The van der Waals surface area contributed by atoms with Crippen LogP contribution in [0.2, 0.25) is 0 Å². The Morgan fingerprint density at radius 2 is 1.93 bits per heavy atom. The quantitative estimate of drug-likeness (QED) is 0.647. The number of likely N-dealkylation sites (tertiary alicyclic amines) is 1. The zero-order chi connectivity index (χ0) is 21.9. The van der Waals surface area contributed by atoms with Crippen molar-refractivity contribution in [2.75, 3.05) is 26.2 Å². The molecule has 1 unspecified atom stereocenters. The zero-order valence-corrected chi connectivity index (χ0v) is 19.0. The van der Waals surface area contributed by atoms with Crippen LogP contribution in [0.5, 0.6) is 0 Å². The molecule has 0 aromatic carbocycles. The van der Waals surface area contributed by atoms with E-state index in [0.717, 1.165) is 64.6 Å². The number of aliphatic hydroxyl groups is 1. The number of aliphatic hydroxyl groups excluding tert-OH is 1. The summed E-state index contributed by atoms with van der Waals surface area (Å²) in [6.07, 6.45) is 6.99. The van der Waals surface area contributed by atoms with Crippen molar-refractivity contribution < 1.29 is 24.2 Å². The number of nitrogens with one attached hydrogen (secondary N) is 1. The van der Waals surface area contributed by atoms with Crippen molar-refractivity contribution in [1.29, 1.82) is 0 Å². The lowest BCUT2D eigenvalue weighted by molar-refractivity contribution is -0.128. The van der Waals surface area contributed by atoms with Crippen LogP contribution in [0.25, 0.3) is 0 Å². The maximum atomic E-state index is 12.3. The second kappa shape index (κ2) is 12.4. The molecule has 7 heteroatoms. The van der Waals surface area contributed by atoms with E-state index in [1.165, 1.54) is 0 Å². The van der Waals surface area contributed by atoms with E-state index in [2.05, 4.69) is 17.0 Å². The Labute approximate surface area is 176 Å². The molecule has 1 heterocycles. The number of nitrogens with zero attached hydrogens (tertiary/aromatic N) is 1. The molecule has 1 atom stereocenters. The van der Waals surface area contributed by atoms with E-state index >= 15 is 0 Å². The molecule has 0 aromatic rings. The molecule has 1 saturated heterocycles. The van der Waals surface area contributed by atoms with Gasteiger partial charge in [-0.25, -0.2) is 4.79 Å². The van der Waals surface area contributed by atoms with Crippen LogP contribution in [0.3, 0.4) is 0 Å². The third kappa shape index (κ3) is 10.8. The van der Waals surface area contributed by atoms with Crippen molar-refractivity contribution in [2.24, 2.45) is 5.41 Å². The average Bonchev–Trinajstić information content (AvgIpc) is 2.63. The molecule has 1 saturated carbocycles. The average molecular weight is 415 g/mol.